The summed E-state index contributed by atoms with van der Waals surface area (Å²) in [5.74, 6) is -0.705. The monoisotopic (exact) mass is 264 g/mol. The molecule has 1 aromatic rings. The molecule has 0 bridgehead atoms. The molecule has 1 aromatic heterocycles. The van der Waals surface area contributed by atoms with Crippen molar-refractivity contribution in [2.45, 2.75) is 31.2 Å². The number of anilines is 1. The van der Waals surface area contributed by atoms with E-state index in [1.807, 2.05) is 0 Å². The van der Waals surface area contributed by atoms with E-state index in [1.165, 1.54) is 25.2 Å². The first-order valence-corrected chi connectivity index (χ1v) is 6.51. The summed E-state index contributed by atoms with van der Waals surface area (Å²) in [4.78, 5) is 21.2. The predicted octanol–water partition coefficient (Wildman–Crippen LogP) is 1.46. The smallest absolute Gasteiger partial charge is 0.358 e. The van der Waals surface area contributed by atoms with Crippen LogP contribution in [0, 0.1) is 0 Å². The van der Waals surface area contributed by atoms with E-state index in [1.54, 1.807) is 0 Å². The number of nitrogens with zero attached hydrogens (tertiary/aromatic N) is 3. The molecule has 2 N–H and O–H groups in total. The van der Waals surface area contributed by atoms with Gasteiger partial charge in [-0.1, -0.05) is 12.8 Å². The normalized spacial score (nSPS) is 17.6. The fourth-order valence-corrected chi connectivity index (χ4v) is 2.69. The second-order valence-electron chi connectivity index (χ2n) is 5.24. The lowest BCUT2D eigenvalue weighted by Gasteiger charge is -2.36. The van der Waals surface area contributed by atoms with Crippen molar-refractivity contribution in [3.63, 3.8) is 0 Å². The van der Waals surface area contributed by atoms with Crippen LogP contribution in [0.5, 0.6) is 0 Å². The Kier molecular flexibility index (Phi) is 3.99. The number of carboxylic acid groups (broad SMARTS) is 1. The Bertz CT molecular complexity index is 456. The van der Waals surface area contributed by atoms with Crippen LogP contribution in [0.25, 0.3) is 0 Å². The van der Waals surface area contributed by atoms with E-state index in [0.29, 0.717) is 12.4 Å². The first kappa shape index (κ1) is 13.7. The molecule has 1 heterocycles. The van der Waals surface area contributed by atoms with Crippen LogP contribution in [-0.2, 0) is 0 Å². The summed E-state index contributed by atoms with van der Waals surface area (Å²) in [5.41, 5.74) is 0.0715. The molecule has 0 atom stereocenters. The third kappa shape index (κ3) is 2.84. The largest absolute Gasteiger partial charge is 0.476 e. The van der Waals surface area contributed by atoms with Gasteiger partial charge in [0.2, 0.25) is 0 Å². The molecule has 6 heteroatoms. The van der Waals surface area contributed by atoms with Crippen LogP contribution < -0.4 is 5.32 Å². The first-order valence-electron chi connectivity index (χ1n) is 6.51. The van der Waals surface area contributed by atoms with Crippen LogP contribution >= 0.6 is 0 Å². The zero-order valence-electron chi connectivity index (χ0n) is 11.4. The second-order valence-corrected chi connectivity index (χ2v) is 5.24. The summed E-state index contributed by atoms with van der Waals surface area (Å²) in [6.45, 7) is 0.693. The van der Waals surface area contributed by atoms with Crippen molar-refractivity contribution in [1.82, 2.24) is 14.9 Å². The van der Waals surface area contributed by atoms with Gasteiger partial charge in [-0.25, -0.2) is 14.8 Å². The number of likely N-dealkylation sites (N-methyl/N-ethyl adjacent to an activating group) is 1. The minimum atomic E-state index is -1.05. The number of aromatic nitrogens is 2. The quantitative estimate of drug-likeness (QED) is 0.838. The molecule has 1 aliphatic rings. The van der Waals surface area contributed by atoms with Gasteiger partial charge >= 0.3 is 5.97 Å². The zero-order chi connectivity index (χ0) is 13.9. The minimum absolute atomic E-state index is 0.0191. The first-order chi connectivity index (χ1) is 9.05. The lowest BCUT2D eigenvalue weighted by Crippen LogP contribution is -2.47. The van der Waals surface area contributed by atoms with E-state index in [4.69, 9.17) is 5.11 Å². The van der Waals surface area contributed by atoms with Crippen LogP contribution in [0.4, 0.5) is 5.82 Å². The van der Waals surface area contributed by atoms with Crippen molar-refractivity contribution in [1.29, 1.82) is 0 Å². The SMILES string of the molecule is CN(C)C1(CNc2nccnc2C(=O)O)CCCC1. The van der Waals surface area contributed by atoms with E-state index >= 15 is 0 Å². The van der Waals surface area contributed by atoms with Crippen molar-refractivity contribution in [3.8, 4) is 0 Å². The number of aromatic carboxylic acids is 1. The van der Waals surface area contributed by atoms with Crippen LogP contribution in [-0.4, -0.2) is 52.1 Å². The molecule has 0 aromatic carbocycles. The molecule has 19 heavy (non-hydrogen) atoms. The third-order valence-corrected chi connectivity index (χ3v) is 3.97. The molecule has 6 nitrogen and oxygen atoms in total. The molecule has 0 aliphatic heterocycles. The lowest BCUT2D eigenvalue weighted by atomic mass is 9.96. The molecule has 0 radical (unpaired) electrons. The van der Waals surface area contributed by atoms with Gasteiger partial charge in [0, 0.05) is 24.5 Å². The van der Waals surface area contributed by atoms with E-state index in [0.717, 1.165) is 12.8 Å². The van der Waals surface area contributed by atoms with E-state index < -0.39 is 5.97 Å². The zero-order valence-corrected chi connectivity index (χ0v) is 11.4. The van der Waals surface area contributed by atoms with Crippen molar-refractivity contribution < 1.29 is 9.90 Å². The van der Waals surface area contributed by atoms with Gasteiger partial charge in [0.15, 0.2) is 11.5 Å². The molecule has 1 fully saturated rings. The van der Waals surface area contributed by atoms with Crippen LogP contribution in [0.1, 0.15) is 36.2 Å². The molecule has 104 valence electrons. The molecule has 0 amide bonds. The topological polar surface area (TPSA) is 78.3 Å². The van der Waals surface area contributed by atoms with Crippen molar-refractivity contribution in [2.75, 3.05) is 26.0 Å². The maximum absolute atomic E-state index is 11.1. The third-order valence-electron chi connectivity index (χ3n) is 3.97. The van der Waals surface area contributed by atoms with E-state index in [9.17, 15) is 4.79 Å². The van der Waals surface area contributed by atoms with Gasteiger partial charge in [-0.15, -0.1) is 0 Å². The fraction of sp³-hybridized carbons (Fsp3) is 0.615. The van der Waals surface area contributed by atoms with Gasteiger partial charge in [-0.3, -0.25) is 0 Å². The average molecular weight is 264 g/mol. The van der Waals surface area contributed by atoms with Crippen LogP contribution in [0.15, 0.2) is 12.4 Å². The fourth-order valence-electron chi connectivity index (χ4n) is 2.69. The Morgan fingerprint density at radius 2 is 2.00 bits per heavy atom. The highest BCUT2D eigenvalue weighted by Crippen LogP contribution is 2.33. The van der Waals surface area contributed by atoms with Gasteiger partial charge in [-0.05, 0) is 26.9 Å². The molecule has 1 saturated carbocycles. The molecule has 0 saturated heterocycles. The second kappa shape index (κ2) is 5.52. The Labute approximate surface area is 112 Å². The average Bonchev–Trinajstić information content (AvgIpc) is 2.86. The number of rotatable bonds is 5. The Hall–Kier alpha value is -1.69. The highest BCUT2D eigenvalue weighted by Gasteiger charge is 2.36. The summed E-state index contributed by atoms with van der Waals surface area (Å²) >= 11 is 0. The van der Waals surface area contributed by atoms with E-state index in [-0.39, 0.29) is 11.2 Å². The number of nitrogens with one attached hydrogen (secondary N) is 1. The Morgan fingerprint density at radius 3 is 2.58 bits per heavy atom. The summed E-state index contributed by atoms with van der Waals surface area (Å²) in [7, 11) is 4.14. The number of hydrogen-bond donors (Lipinski definition) is 2. The maximum atomic E-state index is 11.1. The minimum Gasteiger partial charge on any atom is -0.476 e. The molecular weight excluding hydrogens is 244 g/mol. The molecule has 0 spiro atoms. The number of hydrogen-bond acceptors (Lipinski definition) is 5. The van der Waals surface area contributed by atoms with Crippen molar-refractivity contribution >= 4 is 11.8 Å². The number of carbonyl (C=O) groups is 1. The molecule has 2 rings (SSSR count). The number of carboxylic acids is 1. The summed E-state index contributed by atoms with van der Waals surface area (Å²) < 4.78 is 0. The Morgan fingerprint density at radius 1 is 1.37 bits per heavy atom. The molecule has 0 unspecified atom stereocenters. The summed E-state index contributed by atoms with van der Waals surface area (Å²) in [6.07, 6.45) is 7.57. The Balaban J connectivity index is 2.12. The highest BCUT2D eigenvalue weighted by atomic mass is 16.4. The van der Waals surface area contributed by atoms with Crippen LogP contribution in [0.3, 0.4) is 0 Å². The lowest BCUT2D eigenvalue weighted by molar-refractivity contribution is 0.0691. The maximum Gasteiger partial charge on any atom is 0.358 e. The summed E-state index contributed by atoms with van der Waals surface area (Å²) in [6, 6.07) is 0. The van der Waals surface area contributed by atoms with Gasteiger partial charge in [0.1, 0.15) is 0 Å². The van der Waals surface area contributed by atoms with Crippen LogP contribution in [0.2, 0.25) is 0 Å². The van der Waals surface area contributed by atoms with Gasteiger partial charge in [-0.2, -0.15) is 0 Å². The highest BCUT2D eigenvalue weighted by molar-refractivity contribution is 5.90. The predicted molar refractivity (Wildman–Crippen MR) is 72.4 cm³/mol. The van der Waals surface area contributed by atoms with Crippen molar-refractivity contribution in [2.24, 2.45) is 0 Å². The summed E-state index contributed by atoms with van der Waals surface area (Å²) in [5, 5.41) is 12.2. The molecular formula is C13H20N4O2. The van der Waals surface area contributed by atoms with Gasteiger partial charge < -0.3 is 15.3 Å². The molecule has 1 aliphatic carbocycles. The standard InChI is InChI=1S/C13H20N4O2/c1-17(2)13(5-3-4-6-13)9-16-11-10(12(18)19)14-7-8-15-11/h7-8H,3-6,9H2,1-2H3,(H,15,16)(H,18,19). The van der Waals surface area contributed by atoms with Gasteiger partial charge in [0.05, 0.1) is 0 Å². The van der Waals surface area contributed by atoms with Gasteiger partial charge in [0.25, 0.3) is 0 Å². The van der Waals surface area contributed by atoms with E-state index in [2.05, 4.69) is 34.3 Å². The van der Waals surface area contributed by atoms with Crippen molar-refractivity contribution in [3.05, 3.63) is 18.1 Å².